The first-order valence-electron chi connectivity index (χ1n) is 18.0. The Morgan fingerprint density at radius 3 is 1.14 bits per heavy atom. The van der Waals surface area contributed by atoms with Gasteiger partial charge in [0.2, 0.25) is 0 Å². The zero-order chi connectivity index (χ0) is 36.7. The Hall–Kier alpha value is -0.246. The van der Waals surface area contributed by atoms with E-state index in [1.54, 1.807) is 23.5 Å². The third-order valence-corrected chi connectivity index (χ3v) is 15.0. The molecule has 0 N–H and O–H groups in total. The lowest BCUT2D eigenvalue weighted by Crippen LogP contribution is -2.46. The molecule has 12 nitrogen and oxygen atoms in total. The van der Waals surface area contributed by atoms with Crippen molar-refractivity contribution in [3.63, 3.8) is 0 Å². The highest BCUT2D eigenvalue weighted by molar-refractivity contribution is 7.99. The molecule has 0 heterocycles. The van der Waals surface area contributed by atoms with E-state index in [0.29, 0.717) is 90.4 Å². The van der Waals surface area contributed by atoms with Crippen LogP contribution in [0.3, 0.4) is 0 Å². The zero-order valence-corrected chi connectivity index (χ0v) is 35.4. The molecule has 292 valence electrons. The van der Waals surface area contributed by atoms with Gasteiger partial charge in [-0.1, -0.05) is 13.8 Å². The molecule has 0 aliphatic rings. The first-order chi connectivity index (χ1) is 23.6. The SMILES string of the molecule is CCO[Si](CCCSCCC(=O)OCCOCC(C)(C)COCCOC(=O)CCSCCC[Si](OCC)(OCC)OCC)(OCC)OCC. The van der Waals surface area contributed by atoms with E-state index in [1.165, 1.54) is 0 Å². The molecule has 0 fully saturated rings. The predicted molar refractivity (Wildman–Crippen MR) is 201 cm³/mol. The molecular weight excluding hydrogens is 709 g/mol. The number of esters is 2. The molecule has 0 saturated heterocycles. The predicted octanol–water partition coefficient (Wildman–Crippen LogP) is 6.26. The summed E-state index contributed by atoms with van der Waals surface area (Å²) in [6.45, 7) is 21.3. The van der Waals surface area contributed by atoms with E-state index in [2.05, 4.69) is 0 Å². The van der Waals surface area contributed by atoms with Crippen LogP contribution in [-0.4, -0.2) is 132 Å². The first-order valence-corrected chi connectivity index (χ1v) is 24.2. The van der Waals surface area contributed by atoms with Gasteiger partial charge in [-0.3, -0.25) is 9.59 Å². The van der Waals surface area contributed by atoms with E-state index in [4.69, 9.17) is 45.5 Å². The summed E-state index contributed by atoms with van der Waals surface area (Å²) in [6.07, 6.45) is 2.54. The summed E-state index contributed by atoms with van der Waals surface area (Å²) in [5.41, 5.74) is -0.235. The van der Waals surface area contributed by atoms with Crippen LogP contribution in [0, 0.1) is 5.41 Å². The smallest absolute Gasteiger partial charge is 0.463 e. The van der Waals surface area contributed by atoms with Crippen LogP contribution in [0.1, 0.15) is 81.1 Å². The molecule has 16 heteroatoms. The molecule has 0 radical (unpaired) electrons. The van der Waals surface area contributed by atoms with Crippen LogP contribution in [0.15, 0.2) is 0 Å². The molecule has 0 aromatic heterocycles. The lowest BCUT2D eigenvalue weighted by Gasteiger charge is -2.28. The monoisotopic (exact) mass is 776 g/mol. The van der Waals surface area contributed by atoms with Crippen LogP contribution in [0.2, 0.25) is 12.1 Å². The lowest BCUT2D eigenvalue weighted by atomic mass is 9.96. The fourth-order valence-corrected chi connectivity index (χ4v) is 12.1. The fourth-order valence-electron chi connectivity index (χ4n) is 4.61. The van der Waals surface area contributed by atoms with Gasteiger partial charge < -0.3 is 45.5 Å². The van der Waals surface area contributed by atoms with Gasteiger partial charge in [-0.05, 0) is 65.9 Å². The summed E-state index contributed by atoms with van der Waals surface area (Å²) in [5, 5.41) is 0. The number of rotatable bonds is 36. The number of thioether (sulfide) groups is 2. The van der Waals surface area contributed by atoms with Crippen molar-refractivity contribution in [2.24, 2.45) is 5.41 Å². The standard InChI is InChI=1S/C33H68O12S2Si2/c1-9-40-48(41-10-2,42-11-3)27-15-23-46-25-17-31(34)38-21-19-36-29-33(7,8)30-37-20-22-39-32(35)18-26-47-24-16-28-49(43-12-4,44-13-5)45-14-6/h9-30H2,1-8H3. The van der Waals surface area contributed by atoms with Crippen molar-refractivity contribution in [2.45, 2.75) is 93.2 Å². The number of carbonyl (C=O) groups excluding carboxylic acids is 2. The van der Waals surface area contributed by atoms with E-state index in [9.17, 15) is 9.59 Å². The molecule has 0 atom stereocenters. The summed E-state index contributed by atoms with van der Waals surface area (Å²) in [7, 11) is -5.20. The van der Waals surface area contributed by atoms with Gasteiger partial charge >= 0.3 is 29.5 Å². The summed E-state index contributed by atoms with van der Waals surface area (Å²) in [4.78, 5) is 24.2. The maximum absolute atomic E-state index is 12.1. The maximum Gasteiger partial charge on any atom is 0.500 e. The van der Waals surface area contributed by atoms with Crippen LogP contribution >= 0.6 is 23.5 Å². The molecule has 0 aromatic carbocycles. The minimum absolute atomic E-state index is 0.218. The highest BCUT2D eigenvalue weighted by Gasteiger charge is 2.40. The Morgan fingerprint density at radius 2 is 0.837 bits per heavy atom. The summed E-state index contributed by atoms with van der Waals surface area (Å²) in [5.74, 6) is 2.76. The highest BCUT2D eigenvalue weighted by Crippen LogP contribution is 2.22. The van der Waals surface area contributed by atoms with Gasteiger partial charge in [0.15, 0.2) is 0 Å². The molecule has 0 aliphatic carbocycles. The largest absolute Gasteiger partial charge is 0.500 e. The van der Waals surface area contributed by atoms with E-state index in [0.717, 1.165) is 36.4 Å². The van der Waals surface area contributed by atoms with Gasteiger partial charge in [0.1, 0.15) is 13.2 Å². The molecule has 0 rings (SSSR count). The number of hydrogen-bond acceptors (Lipinski definition) is 14. The van der Waals surface area contributed by atoms with Gasteiger partial charge in [-0.15, -0.1) is 0 Å². The van der Waals surface area contributed by atoms with Gasteiger partial charge in [-0.25, -0.2) is 0 Å². The van der Waals surface area contributed by atoms with Crippen molar-refractivity contribution in [3.05, 3.63) is 0 Å². The van der Waals surface area contributed by atoms with Crippen molar-refractivity contribution < 1.29 is 55.1 Å². The minimum Gasteiger partial charge on any atom is -0.463 e. The van der Waals surface area contributed by atoms with Crippen LogP contribution in [0.4, 0.5) is 0 Å². The Bertz CT molecular complexity index is 718. The second-order valence-corrected chi connectivity index (χ2v) is 19.5. The van der Waals surface area contributed by atoms with E-state index in [1.807, 2.05) is 55.4 Å². The molecule has 0 aliphatic heterocycles. The Morgan fingerprint density at radius 1 is 0.510 bits per heavy atom. The molecule has 0 aromatic rings. The van der Waals surface area contributed by atoms with E-state index < -0.39 is 17.6 Å². The third-order valence-electron chi connectivity index (χ3n) is 6.60. The van der Waals surface area contributed by atoms with Crippen LogP contribution < -0.4 is 0 Å². The average Bonchev–Trinajstić information content (AvgIpc) is 3.04. The van der Waals surface area contributed by atoms with Crippen LogP contribution in [0.5, 0.6) is 0 Å². The normalized spacial score (nSPS) is 12.4. The van der Waals surface area contributed by atoms with Crippen LogP contribution in [0.25, 0.3) is 0 Å². The van der Waals surface area contributed by atoms with Gasteiger partial charge in [0.05, 0.1) is 39.3 Å². The summed E-state index contributed by atoms with van der Waals surface area (Å²) in [6, 6.07) is 1.55. The van der Waals surface area contributed by atoms with Crippen molar-refractivity contribution in [1.29, 1.82) is 0 Å². The van der Waals surface area contributed by atoms with Crippen molar-refractivity contribution >= 4 is 53.1 Å². The van der Waals surface area contributed by atoms with Crippen molar-refractivity contribution in [3.8, 4) is 0 Å². The average molecular weight is 777 g/mol. The number of carbonyl (C=O) groups is 2. The second kappa shape index (κ2) is 31.3. The van der Waals surface area contributed by atoms with Crippen molar-refractivity contribution in [1.82, 2.24) is 0 Å². The molecular formula is C33H68O12S2Si2. The highest BCUT2D eigenvalue weighted by atomic mass is 32.2. The molecule has 0 saturated carbocycles. The molecule has 0 spiro atoms. The Labute approximate surface area is 308 Å². The summed E-state index contributed by atoms with van der Waals surface area (Å²) >= 11 is 3.43. The maximum atomic E-state index is 12.1. The molecule has 0 amide bonds. The van der Waals surface area contributed by atoms with E-state index >= 15 is 0 Å². The zero-order valence-electron chi connectivity index (χ0n) is 31.8. The van der Waals surface area contributed by atoms with Gasteiger partial charge in [0.25, 0.3) is 0 Å². The molecule has 49 heavy (non-hydrogen) atoms. The molecule has 0 bridgehead atoms. The Kier molecular flexibility index (Phi) is 31.1. The van der Waals surface area contributed by atoms with Gasteiger partial charge in [-0.2, -0.15) is 23.5 Å². The second-order valence-electron chi connectivity index (χ2n) is 11.6. The van der Waals surface area contributed by atoms with Crippen molar-refractivity contribution in [2.75, 3.05) is 102 Å². The minimum atomic E-state index is -2.60. The summed E-state index contributed by atoms with van der Waals surface area (Å²) < 4.78 is 57.4. The quantitative estimate of drug-likeness (QED) is 0.0404. The number of hydrogen-bond donors (Lipinski definition) is 0. The molecule has 0 unspecified atom stereocenters. The fraction of sp³-hybridized carbons (Fsp3) is 0.939. The number of ether oxygens (including phenoxy) is 4. The lowest BCUT2D eigenvalue weighted by molar-refractivity contribution is -0.145. The van der Waals surface area contributed by atoms with Crippen LogP contribution in [-0.2, 0) is 55.1 Å². The van der Waals surface area contributed by atoms with E-state index in [-0.39, 0.29) is 30.6 Å². The van der Waals surface area contributed by atoms with Gasteiger partial charge in [0, 0.05) is 68.7 Å². The third kappa shape index (κ3) is 26.2. The first kappa shape index (κ1) is 48.8. The topological polar surface area (TPSA) is 126 Å². The Balaban J connectivity index is 3.89.